The van der Waals surface area contributed by atoms with E-state index in [-0.39, 0.29) is 0 Å². The van der Waals surface area contributed by atoms with E-state index in [9.17, 15) is 0 Å². The van der Waals surface area contributed by atoms with E-state index in [1.54, 1.807) is 7.11 Å². The molecule has 1 aromatic heterocycles. The van der Waals surface area contributed by atoms with Crippen molar-refractivity contribution < 1.29 is 4.74 Å². The summed E-state index contributed by atoms with van der Waals surface area (Å²) < 4.78 is 7.88. The van der Waals surface area contributed by atoms with Crippen LogP contribution in [0.2, 0.25) is 0 Å². The Morgan fingerprint density at radius 1 is 1.20 bits per heavy atom. The van der Waals surface area contributed by atoms with E-state index in [0.717, 1.165) is 18.8 Å². The van der Waals surface area contributed by atoms with Gasteiger partial charge in [-0.25, -0.2) is 0 Å². The van der Waals surface area contributed by atoms with Crippen molar-refractivity contribution in [2.24, 2.45) is 5.92 Å². The largest absolute Gasteiger partial charge is 0.496 e. The van der Waals surface area contributed by atoms with E-state index in [1.807, 2.05) is 0 Å². The maximum absolute atomic E-state index is 5.50. The van der Waals surface area contributed by atoms with Gasteiger partial charge in [0.2, 0.25) is 0 Å². The summed E-state index contributed by atoms with van der Waals surface area (Å²) in [5.41, 5.74) is 4.19. The molecule has 104 valence electrons. The number of aromatic nitrogens is 1. The van der Waals surface area contributed by atoms with E-state index < -0.39 is 0 Å². The van der Waals surface area contributed by atoms with Crippen molar-refractivity contribution in [2.45, 2.75) is 19.5 Å². The zero-order chi connectivity index (χ0) is 13.9. The normalized spacial score (nSPS) is 25.4. The minimum absolute atomic E-state index is 0.502. The Kier molecular flexibility index (Phi) is 2.48. The Labute approximate surface area is 119 Å². The molecule has 0 bridgehead atoms. The predicted molar refractivity (Wildman–Crippen MR) is 82.0 cm³/mol. The highest BCUT2D eigenvalue weighted by Crippen LogP contribution is 2.41. The van der Waals surface area contributed by atoms with Crippen LogP contribution in [0, 0.1) is 5.92 Å². The van der Waals surface area contributed by atoms with Crippen LogP contribution in [0.5, 0.6) is 5.75 Å². The summed E-state index contributed by atoms with van der Waals surface area (Å²) in [6.45, 7) is 4.48. The van der Waals surface area contributed by atoms with Crippen LogP contribution in [0.25, 0.3) is 16.5 Å². The van der Waals surface area contributed by atoms with Gasteiger partial charge in [-0.2, -0.15) is 0 Å². The van der Waals surface area contributed by atoms with Crippen LogP contribution in [0.3, 0.4) is 0 Å². The highest BCUT2D eigenvalue weighted by atomic mass is 16.5. The van der Waals surface area contributed by atoms with E-state index in [1.165, 1.54) is 22.0 Å². The SMILES string of the molecule is COc1ccc2c3c1ccn3C[C@H]1C2=C[C@@H](C)CN1C. The van der Waals surface area contributed by atoms with Crippen LogP contribution in [0.1, 0.15) is 12.5 Å². The maximum atomic E-state index is 5.50. The molecule has 2 aliphatic rings. The van der Waals surface area contributed by atoms with Gasteiger partial charge in [0.1, 0.15) is 5.75 Å². The fourth-order valence-corrected chi connectivity index (χ4v) is 3.84. The molecule has 0 saturated heterocycles. The number of likely N-dealkylation sites (N-methyl/N-ethyl adjacent to an activating group) is 1. The average molecular weight is 268 g/mol. The molecule has 0 N–H and O–H groups in total. The number of rotatable bonds is 1. The van der Waals surface area contributed by atoms with Gasteiger partial charge >= 0.3 is 0 Å². The molecular formula is C17H20N2O. The summed E-state index contributed by atoms with van der Waals surface area (Å²) in [6.07, 6.45) is 4.65. The number of hydrogen-bond acceptors (Lipinski definition) is 2. The first-order valence-corrected chi connectivity index (χ1v) is 7.27. The third-order valence-corrected chi connectivity index (χ3v) is 4.72. The van der Waals surface area contributed by atoms with Gasteiger partial charge in [-0.1, -0.05) is 13.0 Å². The van der Waals surface area contributed by atoms with Gasteiger partial charge in [-0.05, 0) is 36.7 Å². The fraction of sp³-hybridized carbons (Fsp3) is 0.412. The Bertz CT molecular complexity index is 713. The van der Waals surface area contributed by atoms with Gasteiger partial charge in [0.25, 0.3) is 0 Å². The van der Waals surface area contributed by atoms with Crippen LogP contribution in [-0.4, -0.2) is 36.2 Å². The van der Waals surface area contributed by atoms with E-state index >= 15 is 0 Å². The van der Waals surface area contributed by atoms with Crippen molar-refractivity contribution in [3.05, 3.63) is 36.0 Å². The molecular weight excluding hydrogens is 248 g/mol. The molecule has 2 aliphatic heterocycles. The summed E-state index contributed by atoms with van der Waals surface area (Å²) in [6, 6.07) is 7.01. The lowest BCUT2D eigenvalue weighted by atomic mass is 9.86. The molecule has 0 aliphatic carbocycles. The first-order chi connectivity index (χ1) is 9.69. The zero-order valence-corrected chi connectivity index (χ0v) is 12.3. The molecule has 4 rings (SSSR count). The molecule has 2 atom stereocenters. The van der Waals surface area contributed by atoms with Crippen molar-refractivity contribution in [1.29, 1.82) is 0 Å². The molecule has 0 radical (unpaired) electrons. The lowest BCUT2D eigenvalue weighted by Gasteiger charge is -2.39. The van der Waals surface area contributed by atoms with Crippen LogP contribution in [-0.2, 0) is 6.54 Å². The molecule has 3 nitrogen and oxygen atoms in total. The Hall–Kier alpha value is -1.74. The van der Waals surface area contributed by atoms with Crippen LogP contribution >= 0.6 is 0 Å². The lowest BCUT2D eigenvalue weighted by Crippen LogP contribution is -2.43. The molecule has 20 heavy (non-hydrogen) atoms. The van der Waals surface area contributed by atoms with Crippen LogP contribution in [0.15, 0.2) is 30.5 Å². The first kappa shape index (κ1) is 12.0. The van der Waals surface area contributed by atoms with E-state index in [2.05, 4.69) is 53.9 Å². The minimum Gasteiger partial charge on any atom is -0.496 e. The Balaban J connectivity index is 2.00. The zero-order valence-electron chi connectivity index (χ0n) is 12.3. The highest BCUT2D eigenvalue weighted by Gasteiger charge is 2.32. The van der Waals surface area contributed by atoms with Gasteiger partial charge in [0.05, 0.1) is 18.7 Å². The van der Waals surface area contributed by atoms with Crippen LogP contribution < -0.4 is 4.74 Å². The molecule has 0 saturated carbocycles. The first-order valence-electron chi connectivity index (χ1n) is 7.27. The van der Waals surface area contributed by atoms with Gasteiger partial charge < -0.3 is 9.30 Å². The number of hydrogen-bond donors (Lipinski definition) is 0. The number of nitrogens with zero attached hydrogens (tertiary/aromatic N) is 2. The summed E-state index contributed by atoms with van der Waals surface area (Å²) in [5, 5.41) is 1.23. The summed E-state index contributed by atoms with van der Waals surface area (Å²) in [5.74, 6) is 1.59. The molecule has 0 unspecified atom stereocenters. The predicted octanol–water partition coefficient (Wildman–Crippen LogP) is 3.00. The number of ether oxygens (including phenoxy) is 1. The highest BCUT2D eigenvalue weighted by molar-refractivity contribution is 5.98. The number of benzene rings is 1. The molecule has 2 aromatic rings. The topological polar surface area (TPSA) is 17.4 Å². The molecule has 0 amide bonds. The second-order valence-corrected chi connectivity index (χ2v) is 6.10. The Morgan fingerprint density at radius 2 is 2.05 bits per heavy atom. The van der Waals surface area contributed by atoms with Gasteiger partial charge in [0.15, 0.2) is 0 Å². The smallest absolute Gasteiger partial charge is 0.128 e. The third-order valence-electron chi connectivity index (χ3n) is 4.72. The standard InChI is InChI=1S/C17H20N2O/c1-11-8-14-12-4-5-16(20-3)13-6-7-19(17(12)13)10-15(14)18(2)9-11/h4-8,11,15H,9-10H2,1-3H3/t11-,15+/m1/s1. The van der Waals surface area contributed by atoms with Crippen LogP contribution in [0.4, 0.5) is 0 Å². The summed E-state index contributed by atoms with van der Waals surface area (Å²) in [7, 11) is 3.99. The van der Waals surface area contributed by atoms with Crippen molar-refractivity contribution in [1.82, 2.24) is 9.47 Å². The molecule has 3 heteroatoms. The quantitative estimate of drug-likeness (QED) is 0.791. The second-order valence-electron chi connectivity index (χ2n) is 6.10. The molecule has 0 spiro atoms. The monoisotopic (exact) mass is 268 g/mol. The average Bonchev–Trinajstić information content (AvgIpc) is 2.85. The van der Waals surface area contributed by atoms with Gasteiger partial charge in [-0.15, -0.1) is 0 Å². The maximum Gasteiger partial charge on any atom is 0.128 e. The van der Waals surface area contributed by atoms with Crippen molar-refractivity contribution in [3.63, 3.8) is 0 Å². The lowest BCUT2D eigenvalue weighted by molar-refractivity contribution is 0.234. The van der Waals surface area contributed by atoms with Crippen molar-refractivity contribution in [2.75, 3.05) is 20.7 Å². The van der Waals surface area contributed by atoms with Crippen molar-refractivity contribution >= 4 is 16.5 Å². The van der Waals surface area contributed by atoms with Gasteiger partial charge in [-0.3, -0.25) is 4.90 Å². The second kappa shape index (κ2) is 4.13. The third kappa shape index (κ3) is 1.50. The van der Waals surface area contributed by atoms with Gasteiger partial charge in [0, 0.05) is 30.2 Å². The van der Waals surface area contributed by atoms with E-state index in [4.69, 9.17) is 4.74 Å². The van der Waals surface area contributed by atoms with E-state index in [0.29, 0.717) is 12.0 Å². The number of methoxy groups -OCH3 is 1. The van der Waals surface area contributed by atoms with Crippen molar-refractivity contribution in [3.8, 4) is 5.75 Å². The molecule has 3 heterocycles. The minimum atomic E-state index is 0.502. The molecule has 1 aromatic carbocycles. The Morgan fingerprint density at radius 3 is 2.85 bits per heavy atom. The fourth-order valence-electron chi connectivity index (χ4n) is 3.84. The summed E-state index contributed by atoms with van der Waals surface area (Å²) >= 11 is 0. The number of fused-ring (bicyclic) bond motifs is 2. The molecule has 0 fully saturated rings. The summed E-state index contributed by atoms with van der Waals surface area (Å²) in [4.78, 5) is 2.49.